The summed E-state index contributed by atoms with van der Waals surface area (Å²) in [7, 11) is 1.45. The molecule has 0 saturated carbocycles. The predicted molar refractivity (Wildman–Crippen MR) is 129 cm³/mol. The second-order valence-electron chi connectivity index (χ2n) is 7.92. The molecule has 8 heteroatoms. The van der Waals surface area contributed by atoms with Crippen LogP contribution in [0.25, 0.3) is 0 Å². The second kappa shape index (κ2) is 9.97. The zero-order chi connectivity index (χ0) is 23.4. The van der Waals surface area contributed by atoms with Crippen LogP contribution in [0.4, 0.5) is 17.1 Å². The monoisotopic (exact) mass is 463 g/mol. The van der Waals surface area contributed by atoms with Crippen LogP contribution >= 0.6 is 11.3 Å². The Hall–Kier alpha value is -3.49. The fourth-order valence-electron chi connectivity index (χ4n) is 4.00. The molecule has 7 nitrogen and oxygen atoms in total. The van der Waals surface area contributed by atoms with Gasteiger partial charge in [-0.2, -0.15) is 0 Å². The summed E-state index contributed by atoms with van der Waals surface area (Å²) < 4.78 is 4.83. The number of methoxy groups -OCH3 is 1. The first-order valence-electron chi connectivity index (χ1n) is 10.6. The summed E-state index contributed by atoms with van der Waals surface area (Å²) in [6, 6.07) is 18.2. The highest BCUT2D eigenvalue weighted by Gasteiger charge is 2.45. The molecule has 170 valence electrons. The third kappa shape index (κ3) is 5.13. The molecule has 2 unspecified atom stereocenters. The molecule has 1 aromatic heterocycles. The van der Waals surface area contributed by atoms with Gasteiger partial charge < -0.3 is 20.3 Å². The Bertz CT molecular complexity index is 1140. The normalized spacial score (nSPS) is 17.8. The van der Waals surface area contributed by atoms with Gasteiger partial charge in [-0.15, -0.1) is 11.3 Å². The standard InChI is InChI=1S/C25H25N3O4S/c1-16-8-10-19(11-9-16)28-23(30)14-20(24(28)21-7-4-12-33-21)25(31)27-18-6-3-5-17(13-18)26-22(29)15-32-2/h3-13,20,24H,14-15H2,1-2H3,(H,26,29)(H,27,31). The Kier molecular flexibility index (Phi) is 6.86. The number of ether oxygens (including phenoxy) is 1. The third-order valence-corrected chi connectivity index (χ3v) is 6.44. The van der Waals surface area contributed by atoms with Gasteiger partial charge >= 0.3 is 0 Å². The van der Waals surface area contributed by atoms with Crippen molar-refractivity contribution < 1.29 is 19.1 Å². The van der Waals surface area contributed by atoms with Gasteiger partial charge in [-0.25, -0.2) is 0 Å². The van der Waals surface area contributed by atoms with E-state index in [0.29, 0.717) is 11.4 Å². The van der Waals surface area contributed by atoms with Crippen LogP contribution in [0.3, 0.4) is 0 Å². The third-order valence-electron chi connectivity index (χ3n) is 5.50. The number of aryl methyl sites for hydroxylation is 1. The van der Waals surface area contributed by atoms with E-state index in [-0.39, 0.29) is 36.8 Å². The van der Waals surface area contributed by atoms with Gasteiger partial charge in [-0.05, 0) is 48.7 Å². The molecule has 2 aromatic carbocycles. The predicted octanol–water partition coefficient (Wildman–Crippen LogP) is 4.37. The summed E-state index contributed by atoms with van der Waals surface area (Å²) >= 11 is 1.53. The van der Waals surface area contributed by atoms with Crippen LogP contribution in [0, 0.1) is 12.8 Å². The lowest BCUT2D eigenvalue weighted by Gasteiger charge is -2.27. The quantitative estimate of drug-likeness (QED) is 0.545. The van der Waals surface area contributed by atoms with Gasteiger partial charge in [0.25, 0.3) is 0 Å². The fraction of sp³-hybridized carbons (Fsp3) is 0.240. The van der Waals surface area contributed by atoms with E-state index in [1.165, 1.54) is 18.4 Å². The van der Waals surface area contributed by atoms with Crippen molar-refractivity contribution in [1.29, 1.82) is 0 Å². The molecule has 2 atom stereocenters. The van der Waals surface area contributed by atoms with Crippen LogP contribution in [0.2, 0.25) is 0 Å². The van der Waals surface area contributed by atoms with E-state index in [0.717, 1.165) is 16.1 Å². The summed E-state index contributed by atoms with van der Waals surface area (Å²) in [4.78, 5) is 40.9. The van der Waals surface area contributed by atoms with Crippen LogP contribution in [-0.2, 0) is 19.1 Å². The average Bonchev–Trinajstić information content (AvgIpc) is 3.42. The first-order chi connectivity index (χ1) is 16.0. The zero-order valence-corrected chi connectivity index (χ0v) is 19.2. The van der Waals surface area contributed by atoms with Gasteiger partial charge in [-0.1, -0.05) is 29.8 Å². The van der Waals surface area contributed by atoms with E-state index >= 15 is 0 Å². The van der Waals surface area contributed by atoms with Crippen LogP contribution < -0.4 is 15.5 Å². The van der Waals surface area contributed by atoms with Gasteiger partial charge in [0.1, 0.15) is 6.61 Å². The summed E-state index contributed by atoms with van der Waals surface area (Å²) in [5.41, 5.74) is 2.97. The number of thiophene rings is 1. The molecular formula is C25H25N3O4S. The second-order valence-corrected chi connectivity index (χ2v) is 8.90. The number of amides is 3. The highest BCUT2D eigenvalue weighted by atomic mass is 32.1. The number of carbonyl (C=O) groups excluding carboxylic acids is 3. The maximum absolute atomic E-state index is 13.3. The van der Waals surface area contributed by atoms with Crippen LogP contribution in [0.15, 0.2) is 66.0 Å². The van der Waals surface area contributed by atoms with Gasteiger partial charge in [0, 0.05) is 35.5 Å². The molecule has 0 aliphatic carbocycles. The number of nitrogens with zero attached hydrogens (tertiary/aromatic N) is 1. The molecule has 3 amide bonds. The molecule has 33 heavy (non-hydrogen) atoms. The molecule has 1 aliphatic heterocycles. The van der Waals surface area contributed by atoms with Crippen molar-refractivity contribution in [3.63, 3.8) is 0 Å². The van der Waals surface area contributed by atoms with Gasteiger partial charge in [-0.3, -0.25) is 14.4 Å². The zero-order valence-electron chi connectivity index (χ0n) is 18.4. The molecule has 0 bridgehead atoms. The SMILES string of the molecule is COCC(=O)Nc1cccc(NC(=O)C2CC(=O)N(c3ccc(C)cc3)C2c2cccs2)c1. The minimum Gasteiger partial charge on any atom is -0.375 e. The van der Waals surface area contributed by atoms with Crippen molar-refractivity contribution in [2.24, 2.45) is 5.92 Å². The van der Waals surface area contributed by atoms with Crippen molar-refractivity contribution in [1.82, 2.24) is 0 Å². The minimum atomic E-state index is -0.552. The number of rotatable bonds is 7. The number of benzene rings is 2. The molecule has 1 fully saturated rings. The summed E-state index contributed by atoms with van der Waals surface area (Å²) in [6.45, 7) is 1.94. The van der Waals surface area contributed by atoms with E-state index in [1.807, 2.05) is 48.7 Å². The van der Waals surface area contributed by atoms with Crippen LogP contribution in [0.5, 0.6) is 0 Å². The van der Waals surface area contributed by atoms with Gasteiger partial charge in [0.05, 0.1) is 12.0 Å². The Morgan fingerprint density at radius 3 is 2.45 bits per heavy atom. The Balaban J connectivity index is 1.57. The van der Waals surface area contributed by atoms with Gasteiger partial charge in [0.15, 0.2) is 0 Å². The molecule has 4 rings (SSSR count). The highest BCUT2D eigenvalue weighted by molar-refractivity contribution is 7.10. The topological polar surface area (TPSA) is 87.7 Å². The average molecular weight is 464 g/mol. The van der Waals surface area contributed by atoms with E-state index in [4.69, 9.17) is 4.74 Å². The number of hydrogen-bond acceptors (Lipinski definition) is 5. The molecule has 0 radical (unpaired) electrons. The molecule has 2 N–H and O–H groups in total. The maximum Gasteiger partial charge on any atom is 0.250 e. The number of nitrogens with one attached hydrogen (secondary N) is 2. The fourth-order valence-corrected chi connectivity index (χ4v) is 4.88. The number of carbonyl (C=O) groups is 3. The van der Waals surface area contributed by atoms with Crippen molar-refractivity contribution in [2.45, 2.75) is 19.4 Å². The molecule has 3 aromatic rings. The van der Waals surface area contributed by atoms with E-state index < -0.39 is 5.92 Å². The largest absolute Gasteiger partial charge is 0.375 e. The minimum absolute atomic E-state index is 0.0574. The molecular weight excluding hydrogens is 438 g/mol. The van der Waals surface area contributed by atoms with Gasteiger partial charge in [0.2, 0.25) is 17.7 Å². The Morgan fingerprint density at radius 1 is 1.06 bits per heavy atom. The van der Waals surface area contributed by atoms with E-state index in [1.54, 1.807) is 29.2 Å². The van der Waals surface area contributed by atoms with Crippen molar-refractivity contribution in [2.75, 3.05) is 29.3 Å². The Labute approximate surface area is 196 Å². The first-order valence-corrected chi connectivity index (χ1v) is 11.5. The lowest BCUT2D eigenvalue weighted by atomic mass is 9.97. The van der Waals surface area contributed by atoms with E-state index in [9.17, 15) is 14.4 Å². The van der Waals surface area contributed by atoms with E-state index in [2.05, 4.69) is 10.6 Å². The maximum atomic E-state index is 13.3. The lowest BCUT2D eigenvalue weighted by molar-refractivity contribution is -0.122. The van der Waals surface area contributed by atoms with Crippen molar-refractivity contribution >= 4 is 46.1 Å². The van der Waals surface area contributed by atoms with Crippen molar-refractivity contribution in [3.05, 3.63) is 76.5 Å². The van der Waals surface area contributed by atoms with Crippen LogP contribution in [-0.4, -0.2) is 31.4 Å². The summed E-state index contributed by atoms with van der Waals surface area (Å²) in [5, 5.41) is 7.60. The summed E-state index contributed by atoms with van der Waals surface area (Å²) in [5.74, 6) is -1.16. The molecule has 1 saturated heterocycles. The molecule has 1 aliphatic rings. The van der Waals surface area contributed by atoms with Crippen molar-refractivity contribution in [3.8, 4) is 0 Å². The highest BCUT2D eigenvalue weighted by Crippen LogP contribution is 2.43. The first kappa shape index (κ1) is 22.7. The smallest absolute Gasteiger partial charge is 0.250 e. The summed E-state index contributed by atoms with van der Waals surface area (Å²) in [6.07, 6.45) is 0.118. The molecule has 0 spiro atoms. The number of hydrogen-bond donors (Lipinski definition) is 2. The Morgan fingerprint density at radius 2 is 1.79 bits per heavy atom. The van der Waals surface area contributed by atoms with Crippen LogP contribution in [0.1, 0.15) is 22.9 Å². The lowest BCUT2D eigenvalue weighted by Crippen LogP contribution is -2.32. The number of anilines is 3. The molecule has 2 heterocycles.